The van der Waals surface area contributed by atoms with E-state index in [2.05, 4.69) is 4.74 Å². The van der Waals surface area contributed by atoms with Crippen molar-refractivity contribution in [2.24, 2.45) is 0 Å². The molecule has 122 valence electrons. The minimum absolute atomic E-state index is 0.185. The lowest BCUT2D eigenvalue weighted by atomic mass is 10.0. The first kappa shape index (κ1) is 16.2. The summed E-state index contributed by atoms with van der Waals surface area (Å²) in [6.45, 7) is 2.38. The van der Waals surface area contributed by atoms with Crippen molar-refractivity contribution in [3.05, 3.63) is 51.7 Å². The number of sulfonamides is 1. The predicted molar refractivity (Wildman–Crippen MR) is 88.1 cm³/mol. The Balaban J connectivity index is 1.92. The summed E-state index contributed by atoms with van der Waals surface area (Å²) in [5.41, 5.74) is 1.41. The van der Waals surface area contributed by atoms with Gasteiger partial charge in [-0.15, -0.1) is 11.3 Å². The second kappa shape index (κ2) is 6.07. The number of hydrogen-bond donors (Lipinski definition) is 0. The fourth-order valence-electron chi connectivity index (χ4n) is 2.83. The zero-order chi connectivity index (χ0) is 16.6. The minimum Gasteiger partial charge on any atom is -0.465 e. The Labute approximate surface area is 139 Å². The molecule has 1 aliphatic rings. The number of hydrogen-bond acceptors (Lipinski definition) is 5. The van der Waals surface area contributed by atoms with Gasteiger partial charge in [-0.05, 0) is 54.6 Å². The number of fused-ring (bicyclic) bond motifs is 1. The monoisotopic (exact) mass is 351 g/mol. The van der Waals surface area contributed by atoms with Crippen LogP contribution in [-0.4, -0.2) is 32.3 Å². The zero-order valence-electron chi connectivity index (χ0n) is 12.9. The maximum absolute atomic E-state index is 12.9. The number of rotatable bonds is 3. The van der Waals surface area contributed by atoms with Crippen LogP contribution in [0.3, 0.4) is 0 Å². The third-order valence-electron chi connectivity index (χ3n) is 4.10. The molecule has 2 heterocycles. The van der Waals surface area contributed by atoms with Crippen LogP contribution in [0.1, 0.15) is 33.8 Å². The lowest BCUT2D eigenvalue weighted by molar-refractivity contribution is 0.0600. The van der Waals surface area contributed by atoms with Crippen LogP contribution in [0.4, 0.5) is 0 Å². The van der Waals surface area contributed by atoms with Gasteiger partial charge in [0.25, 0.3) is 0 Å². The lowest BCUT2D eigenvalue weighted by Crippen LogP contribution is -2.38. The number of benzene rings is 1. The second-order valence-electron chi connectivity index (χ2n) is 5.36. The Bertz CT molecular complexity index is 824. The number of methoxy groups -OCH3 is 1. The van der Waals surface area contributed by atoms with Gasteiger partial charge in [-0.3, -0.25) is 0 Å². The van der Waals surface area contributed by atoms with E-state index in [-0.39, 0.29) is 10.9 Å². The SMILES string of the molecule is COC(=O)c1ccc(S(=O)(=O)N2CCc3sccc3[C@H]2C)cc1. The van der Waals surface area contributed by atoms with Gasteiger partial charge in [-0.2, -0.15) is 4.31 Å². The molecule has 1 aromatic heterocycles. The number of ether oxygens (including phenoxy) is 1. The summed E-state index contributed by atoms with van der Waals surface area (Å²) in [6.07, 6.45) is 0.733. The molecular weight excluding hydrogens is 334 g/mol. The third-order valence-corrected chi connectivity index (χ3v) is 7.08. The summed E-state index contributed by atoms with van der Waals surface area (Å²) in [5, 5.41) is 2.00. The molecule has 5 nitrogen and oxygen atoms in total. The average molecular weight is 351 g/mol. The van der Waals surface area contributed by atoms with Crippen LogP contribution in [0.25, 0.3) is 0 Å². The molecule has 3 rings (SSSR count). The number of thiophene rings is 1. The van der Waals surface area contributed by atoms with Crippen molar-refractivity contribution in [1.82, 2.24) is 4.31 Å². The molecule has 7 heteroatoms. The van der Waals surface area contributed by atoms with Crippen molar-refractivity contribution in [2.45, 2.75) is 24.3 Å². The van der Waals surface area contributed by atoms with Crippen LogP contribution in [0, 0.1) is 0 Å². The van der Waals surface area contributed by atoms with E-state index in [0.29, 0.717) is 12.1 Å². The summed E-state index contributed by atoms with van der Waals surface area (Å²) >= 11 is 1.67. The van der Waals surface area contributed by atoms with Gasteiger partial charge in [-0.1, -0.05) is 0 Å². The van der Waals surface area contributed by atoms with Crippen molar-refractivity contribution in [3.8, 4) is 0 Å². The van der Waals surface area contributed by atoms with Crippen LogP contribution < -0.4 is 0 Å². The van der Waals surface area contributed by atoms with Crippen molar-refractivity contribution in [2.75, 3.05) is 13.7 Å². The van der Waals surface area contributed by atoms with E-state index in [1.54, 1.807) is 11.3 Å². The molecule has 1 atom stereocenters. The summed E-state index contributed by atoms with van der Waals surface area (Å²) in [4.78, 5) is 12.9. The molecule has 0 bridgehead atoms. The van der Waals surface area contributed by atoms with E-state index in [1.165, 1.54) is 40.6 Å². The van der Waals surface area contributed by atoms with Gasteiger partial charge in [-0.25, -0.2) is 13.2 Å². The molecule has 0 unspecified atom stereocenters. The zero-order valence-corrected chi connectivity index (χ0v) is 14.5. The fraction of sp³-hybridized carbons (Fsp3) is 0.312. The van der Waals surface area contributed by atoms with Gasteiger partial charge >= 0.3 is 5.97 Å². The van der Waals surface area contributed by atoms with Gasteiger partial charge in [0.15, 0.2) is 0 Å². The van der Waals surface area contributed by atoms with E-state index < -0.39 is 16.0 Å². The van der Waals surface area contributed by atoms with E-state index in [4.69, 9.17) is 0 Å². The first-order chi connectivity index (χ1) is 10.9. The average Bonchev–Trinajstić information content (AvgIpc) is 3.04. The molecular formula is C16H17NO4S2. The Morgan fingerprint density at radius 3 is 2.61 bits per heavy atom. The molecule has 0 fully saturated rings. The van der Waals surface area contributed by atoms with Crippen LogP contribution >= 0.6 is 11.3 Å². The second-order valence-corrected chi connectivity index (χ2v) is 8.25. The quantitative estimate of drug-likeness (QED) is 0.798. The molecule has 0 saturated heterocycles. The summed E-state index contributed by atoms with van der Waals surface area (Å²) in [7, 11) is -2.30. The Morgan fingerprint density at radius 2 is 1.96 bits per heavy atom. The predicted octanol–water partition coefficient (Wildman–Crippen LogP) is 2.84. The fourth-order valence-corrected chi connectivity index (χ4v) is 5.41. The number of carbonyl (C=O) groups is 1. The minimum atomic E-state index is -3.60. The van der Waals surface area contributed by atoms with E-state index in [0.717, 1.165) is 12.0 Å². The van der Waals surface area contributed by atoms with Crippen LogP contribution in [0.5, 0.6) is 0 Å². The highest BCUT2D eigenvalue weighted by molar-refractivity contribution is 7.89. The van der Waals surface area contributed by atoms with Crippen LogP contribution in [-0.2, 0) is 21.2 Å². The smallest absolute Gasteiger partial charge is 0.337 e. The first-order valence-corrected chi connectivity index (χ1v) is 9.53. The molecule has 0 aliphatic carbocycles. The largest absolute Gasteiger partial charge is 0.465 e. The molecule has 23 heavy (non-hydrogen) atoms. The topological polar surface area (TPSA) is 63.7 Å². The van der Waals surface area contributed by atoms with Gasteiger partial charge in [0.2, 0.25) is 10.0 Å². The number of esters is 1. The molecule has 2 aromatic rings. The highest BCUT2D eigenvalue weighted by Crippen LogP contribution is 2.36. The van der Waals surface area contributed by atoms with Crippen molar-refractivity contribution in [1.29, 1.82) is 0 Å². The number of carbonyl (C=O) groups excluding carboxylic acids is 1. The molecule has 1 aromatic carbocycles. The highest BCUT2D eigenvalue weighted by Gasteiger charge is 2.34. The van der Waals surface area contributed by atoms with E-state index in [9.17, 15) is 13.2 Å². The summed E-state index contributed by atoms with van der Waals surface area (Å²) < 4.78 is 31.9. The van der Waals surface area contributed by atoms with Gasteiger partial charge in [0.05, 0.1) is 17.6 Å². The summed E-state index contributed by atoms with van der Waals surface area (Å²) in [6, 6.07) is 7.67. The molecule has 0 N–H and O–H groups in total. The lowest BCUT2D eigenvalue weighted by Gasteiger charge is -2.32. The molecule has 0 amide bonds. The Kier molecular flexibility index (Phi) is 4.27. The molecule has 0 radical (unpaired) electrons. The van der Waals surface area contributed by atoms with Crippen molar-refractivity contribution in [3.63, 3.8) is 0 Å². The first-order valence-electron chi connectivity index (χ1n) is 7.21. The van der Waals surface area contributed by atoms with Crippen molar-refractivity contribution < 1.29 is 17.9 Å². The molecule has 1 aliphatic heterocycles. The Morgan fingerprint density at radius 1 is 1.26 bits per heavy atom. The standard InChI is InChI=1S/C16H17NO4S2/c1-11-14-8-10-22-15(14)7-9-17(11)23(19,20)13-5-3-12(4-6-13)16(18)21-2/h3-6,8,10-11H,7,9H2,1-2H3/t11-/m1/s1. The van der Waals surface area contributed by atoms with Gasteiger partial charge < -0.3 is 4.74 Å². The van der Waals surface area contributed by atoms with E-state index in [1.807, 2.05) is 18.4 Å². The van der Waals surface area contributed by atoms with Gasteiger partial charge in [0.1, 0.15) is 0 Å². The molecule has 0 saturated carbocycles. The Hall–Kier alpha value is -1.70. The highest BCUT2D eigenvalue weighted by atomic mass is 32.2. The number of nitrogens with zero attached hydrogens (tertiary/aromatic N) is 1. The molecule has 0 spiro atoms. The summed E-state index contributed by atoms with van der Waals surface area (Å²) in [5.74, 6) is -0.483. The maximum Gasteiger partial charge on any atom is 0.337 e. The van der Waals surface area contributed by atoms with Crippen LogP contribution in [0.15, 0.2) is 40.6 Å². The third kappa shape index (κ3) is 2.80. The maximum atomic E-state index is 12.9. The van der Waals surface area contributed by atoms with Crippen LogP contribution in [0.2, 0.25) is 0 Å². The van der Waals surface area contributed by atoms with E-state index >= 15 is 0 Å². The normalized spacial score (nSPS) is 18.4. The van der Waals surface area contributed by atoms with Gasteiger partial charge in [0, 0.05) is 17.5 Å². The van der Waals surface area contributed by atoms with Crippen molar-refractivity contribution >= 4 is 27.3 Å².